The van der Waals surface area contributed by atoms with E-state index in [-0.39, 0.29) is 12.1 Å². The second-order valence-corrected chi connectivity index (χ2v) is 8.59. The van der Waals surface area contributed by atoms with Crippen molar-refractivity contribution < 1.29 is 23.0 Å². The van der Waals surface area contributed by atoms with E-state index < -0.39 is 38.6 Å². The minimum Gasteiger partial charge on any atom is -0.309 e. The molecule has 200 valence electrons. The number of rotatable bonds is 7. The van der Waals surface area contributed by atoms with Crippen molar-refractivity contribution in [3.05, 3.63) is 128 Å². The predicted octanol–water partition coefficient (Wildman–Crippen LogP) is 7.58. The van der Waals surface area contributed by atoms with Crippen LogP contribution >= 0.6 is 0 Å². The highest BCUT2D eigenvalue weighted by atomic mass is 19.4. The number of hydrogen-bond donors (Lipinski definition) is 1. The molecule has 5 aromatic rings. The first kappa shape index (κ1) is 26.1. The molecule has 0 saturated carbocycles. The number of para-hydroxylation sites is 2. The number of hydrazone groups is 1. The fourth-order valence-electron chi connectivity index (χ4n) is 4.46. The Morgan fingerprint density at radius 3 is 1.93 bits per heavy atom. The van der Waals surface area contributed by atoms with Crippen molar-refractivity contribution in [1.29, 1.82) is 0 Å². The van der Waals surface area contributed by atoms with Crippen molar-refractivity contribution in [3.8, 4) is 16.9 Å². The van der Waals surface area contributed by atoms with E-state index >= 15 is 0 Å². The molecule has 1 heterocycles. The lowest BCUT2D eigenvalue weighted by Crippen LogP contribution is -2.09. The first-order valence-corrected chi connectivity index (χ1v) is 11.7. The summed E-state index contributed by atoms with van der Waals surface area (Å²) in [4.78, 5) is 21.0. The molecule has 0 radical (unpaired) electrons. The Morgan fingerprint density at radius 2 is 1.35 bits per heavy atom. The second-order valence-electron chi connectivity index (χ2n) is 8.59. The maximum atomic E-state index is 13.3. The van der Waals surface area contributed by atoms with Gasteiger partial charge in [0, 0.05) is 28.8 Å². The highest BCUT2D eigenvalue weighted by molar-refractivity contribution is 6.07. The first-order valence-electron chi connectivity index (χ1n) is 11.7. The van der Waals surface area contributed by atoms with Crippen molar-refractivity contribution in [1.82, 2.24) is 4.57 Å². The summed E-state index contributed by atoms with van der Waals surface area (Å²) in [6, 6.07) is 26.8. The molecule has 0 fully saturated rings. The average Bonchev–Trinajstić information content (AvgIpc) is 3.27. The van der Waals surface area contributed by atoms with Crippen LogP contribution in [0.15, 0.2) is 102 Å². The molecule has 1 aromatic heterocycles. The molecule has 1 N–H and O–H groups in total. The molecular weight excluding hydrogens is 527 g/mol. The summed E-state index contributed by atoms with van der Waals surface area (Å²) in [7, 11) is 0. The van der Waals surface area contributed by atoms with Gasteiger partial charge in [0.25, 0.3) is 0 Å². The highest BCUT2D eigenvalue weighted by Gasteiger charge is 2.37. The summed E-state index contributed by atoms with van der Waals surface area (Å²) in [5.74, 6) is 0. The smallest absolute Gasteiger partial charge is 0.309 e. The van der Waals surface area contributed by atoms with Gasteiger partial charge in [-0.3, -0.25) is 25.7 Å². The summed E-state index contributed by atoms with van der Waals surface area (Å²) in [6.45, 7) is 0. The predicted molar refractivity (Wildman–Crippen MR) is 145 cm³/mol. The number of alkyl halides is 3. The molecule has 4 aromatic carbocycles. The van der Waals surface area contributed by atoms with Gasteiger partial charge < -0.3 is 4.57 Å². The minimum atomic E-state index is -5.03. The van der Waals surface area contributed by atoms with E-state index in [0.717, 1.165) is 27.8 Å². The van der Waals surface area contributed by atoms with Crippen LogP contribution in [0.4, 0.5) is 30.2 Å². The van der Waals surface area contributed by atoms with Crippen molar-refractivity contribution in [2.24, 2.45) is 5.10 Å². The van der Waals surface area contributed by atoms with Gasteiger partial charge in [0.05, 0.1) is 32.8 Å². The van der Waals surface area contributed by atoms with Crippen LogP contribution in [-0.4, -0.2) is 20.6 Å². The lowest BCUT2D eigenvalue weighted by Gasteiger charge is -2.12. The van der Waals surface area contributed by atoms with Crippen LogP contribution in [0.5, 0.6) is 0 Å². The number of nitro benzene ring substituents is 2. The number of halogens is 3. The molecule has 0 saturated heterocycles. The summed E-state index contributed by atoms with van der Waals surface area (Å²) < 4.78 is 41.8. The Labute approximate surface area is 224 Å². The fourth-order valence-corrected chi connectivity index (χ4v) is 4.46. The standard InChI is InChI=1S/C28H18F3N5O4/c29-28(30,31)19-15-24(35(37)38)26(25(16-19)36(39)40)33-32-17-22-21-13-7-8-14-23(21)34(20-11-5-2-6-12-20)27(22)18-9-3-1-4-10-18/h1-17,33H. The Bertz CT molecular complexity index is 1730. The monoisotopic (exact) mass is 545 g/mol. The van der Waals surface area contributed by atoms with Crippen LogP contribution in [0.1, 0.15) is 11.1 Å². The van der Waals surface area contributed by atoms with E-state index in [4.69, 9.17) is 0 Å². The summed E-state index contributed by atoms with van der Waals surface area (Å²) in [6.07, 6.45) is -3.68. The van der Waals surface area contributed by atoms with Gasteiger partial charge in [-0.15, -0.1) is 0 Å². The van der Waals surface area contributed by atoms with Gasteiger partial charge in [0.2, 0.25) is 5.69 Å². The maximum Gasteiger partial charge on any atom is 0.416 e. The third-order valence-corrected chi connectivity index (χ3v) is 6.16. The van der Waals surface area contributed by atoms with Crippen LogP contribution in [0, 0.1) is 20.2 Å². The number of hydrogen-bond acceptors (Lipinski definition) is 6. The third kappa shape index (κ3) is 4.85. The second kappa shape index (κ2) is 10.3. The van der Waals surface area contributed by atoms with Gasteiger partial charge in [-0.2, -0.15) is 18.3 Å². The normalized spacial score (nSPS) is 11.7. The molecule has 0 aliphatic heterocycles. The molecule has 0 aliphatic carbocycles. The fraction of sp³-hybridized carbons (Fsp3) is 0.0357. The molecule has 5 rings (SSSR count). The van der Waals surface area contributed by atoms with Crippen LogP contribution in [0.2, 0.25) is 0 Å². The quantitative estimate of drug-likeness (QED) is 0.129. The van der Waals surface area contributed by atoms with Crippen LogP contribution in [-0.2, 0) is 6.18 Å². The number of fused-ring (bicyclic) bond motifs is 1. The van der Waals surface area contributed by atoms with E-state index in [9.17, 15) is 33.4 Å². The molecule has 0 amide bonds. The van der Waals surface area contributed by atoms with E-state index in [1.807, 2.05) is 89.5 Å². The molecule has 0 spiro atoms. The molecule has 0 unspecified atom stereocenters. The molecule has 9 nitrogen and oxygen atoms in total. The van der Waals surface area contributed by atoms with Crippen molar-refractivity contribution >= 4 is 34.2 Å². The Balaban J connectivity index is 1.70. The first-order chi connectivity index (χ1) is 19.2. The van der Waals surface area contributed by atoms with Crippen molar-refractivity contribution in [3.63, 3.8) is 0 Å². The van der Waals surface area contributed by atoms with Crippen LogP contribution in [0.3, 0.4) is 0 Å². The number of benzene rings is 4. The van der Waals surface area contributed by atoms with E-state index in [0.29, 0.717) is 5.56 Å². The SMILES string of the molecule is O=[N+]([O-])c1cc(C(F)(F)F)cc([N+](=O)[O-])c1NN=Cc1c(-c2ccccc2)n(-c2ccccc2)c2ccccc12. The lowest BCUT2D eigenvalue weighted by molar-refractivity contribution is -0.392. The largest absolute Gasteiger partial charge is 0.416 e. The van der Waals surface area contributed by atoms with Crippen molar-refractivity contribution in [2.45, 2.75) is 6.18 Å². The van der Waals surface area contributed by atoms with Crippen LogP contribution < -0.4 is 5.43 Å². The molecule has 0 aliphatic rings. The van der Waals surface area contributed by atoms with Gasteiger partial charge in [-0.05, 0) is 23.8 Å². The molecule has 0 bridgehead atoms. The summed E-state index contributed by atoms with van der Waals surface area (Å²) >= 11 is 0. The maximum absolute atomic E-state index is 13.3. The third-order valence-electron chi connectivity index (χ3n) is 6.16. The Hall–Kier alpha value is -5.52. The summed E-state index contributed by atoms with van der Waals surface area (Å²) in [5, 5.41) is 28.0. The number of aromatic nitrogens is 1. The number of nitrogens with one attached hydrogen (secondary N) is 1. The zero-order chi connectivity index (χ0) is 28.4. The lowest BCUT2D eigenvalue weighted by atomic mass is 10.1. The van der Waals surface area contributed by atoms with Gasteiger partial charge in [-0.1, -0.05) is 66.7 Å². The Kier molecular flexibility index (Phi) is 6.74. The van der Waals surface area contributed by atoms with Crippen molar-refractivity contribution in [2.75, 3.05) is 5.43 Å². The Morgan fingerprint density at radius 1 is 0.800 bits per heavy atom. The van der Waals surface area contributed by atoms with E-state index in [1.54, 1.807) is 0 Å². The zero-order valence-electron chi connectivity index (χ0n) is 20.4. The molecule has 12 heteroatoms. The topological polar surface area (TPSA) is 116 Å². The zero-order valence-corrected chi connectivity index (χ0v) is 20.4. The number of nitrogens with zero attached hydrogens (tertiary/aromatic N) is 4. The summed E-state index contributed by atoms with van der Waals surface area (Å²) in [5.41, 5.74) is 1.50. The molecule has 0 atom stereocenters. The number of anilines is 1. The van der Waals surface area contributed by atoms with Gasteiger partial charge in [-0.25, -0.2) is 0 Å². The van der Waals surface area contributed by atoms with Gasteiger partial charge in [0.1, 0.15) is 0 Å². The van der Waals surface area contributed by atoms with E-state index in [1.165, 1.54) is 6.21 Å². The minimum absolute atomic E-state index is 0.238. The van der Waals surface area contributed by atoms with E-state index in [2.05, 4.69) is 10.5 Å². The van der Waals surface area contributed by atoms with Gasteiger partial charge in [0.15, 0.2) is 0 Å². The molecular formula is C28H18F3N5O4. The highest BCUT2D eigenvalue weighted by Crippen LogP contribution is 2.41. The van der Waals surface area contributed by atoms with Gasteiger partial charge >= 0.3 is 17.6 Å². The molecule has 40 heavy (non-hydrogen) atoms. The van der Waals surface area contributed by atoms with Crippen LogP contribution in [0.25, 0.3) is 27.8 Å². The average molecular weight is 545 g/mol. The number of nitro groups is 2.